The molecule has 2 aromatic rings. The van der Waals surface area contributed by atoms with E-state index >= 15 is 0 Å². The predicted octanol–water partition coefficient (Wildman–Crippen LogP) is 4.39. The van der Waals surface area contributed by atoms with Crippen molar-refractivity contribution in [3.63, 3.8) is 0 Å². The molecule has 5 rings (SSSR count). The molecule has 3 fully saturated rings. The summed E-state index contributed by atoms with van der Waals surface area (Å²) in [6, 6.07) is 19.2. The summed E-state index contributed by atoms with van der Waals surface area (Å²) < 4.78 is 6.00. The van der Waals surface area contributed by atoms with Gasteiger partial charge in [0.1, 0.15) is 5.75 Å². The van der Waals surface area contributed by atoms with Crippen LogP contribution >= 0.6 is 0 Å². The average Bonchev–Trinajstić information content (AvgIpc) is 2.65. The summed E-state index contributed by atoms with van der Waals surface area (Å²) in [7, 11) is 0. The van der Waals surface area contributed by atoms with E-state index in [1.54, 1.807) is 0 Å². The van der Waals surface area contributed by atoms with E-state index in [1.807, 2.05) is 0 Å². The lowest BCUT2D eigenvalue weighted by molar-refractivity contribution is 0.0397. The molecule has 0 aliphatic carbocycles. The van der Waals surface area contributed by atoms with E-state index in [-0.39, 0.29) is 0 Å². The molecule has 2 bridgehead atoms. The molecule has 0 saturated carbocycles. The highest BCUT2D eigenvalue weighted by Gasteiger charge is 2.33. The highest BCUT2D eigenvalue weighted by molar-refractivity contribution is 5.31. The van der Waals surface area contributed by atoms with Crippen molar-refractivity contribution in [1.82, 2.24) is 4.90 Å². The molecular formula is C22H27NO. The first-order valence-electron chi connectivity index (χ1n) is 9.35. The molecule has 0 aromatic heterocycles. The minimum Gasteiger partial charge on any atom is -0.494 e. The molecule has 0 N–H and O–H groups in total. The van der Waals surface area contributed by atoms with Crippen LogP contribution in [0.2, 0.25) is 0 Å². The van der Waals surface area contributed by atoms with Gasteiger partial charge in [-0.15, -0.1) is 0 Å². The third-order valence-corrected chi connectivity index (χ3v) is 5.72. The largest absolute Gasteiger partial charge is 0.494 e. The van der Waals surface area contributed by atoms with Crippen LogP contribution in [0.25, 0.3) is 0 Å². The Morgan fingerprint density at radius 3 is 2.25 bits per heavy atom. The molecule has 3 saturated heterocycles. The summed E-state index contributed by atoms with van der Waals surface area (Å²) >= 11 is 0. The summed E-state index contributed by atoms with van der Waals surface area (Å²) in [5.41, 5.74) is 2.69. The van der Waals surface area contributed by atoms with E-state index in [1.165, 1.54) is 50.0 Å². The molecule has 3 aliphatic rings. The van der Waals surface area contributed by atoms with Gasteiger partial charge in [-0.3, -0.25) is 0 Å². The van der Waals surface area contributed by atoms with Gasteiger partial charge in [0.2, 0.25) is 0 Å². The maximum Gasteiger partial charge on any atom is 0.119 e. The standard InChI is InChI=1S/C22H27NO/c1-2-4-18(5-3-1)16-19-6-8-22(9-7-19)24-15-12-21-17-23-13-10-20(21)11-14-23/h1-9,20-21H,10-17H2. The normalized spacial score (nSPS) is 25.6. The fourth-order valence-corrected chi connectivity index (χ4v) is 4.28. The third-order valence-electron chi connectivity index (χ3n) is 5.72. The fourth-order valence-electron chi connectivity index (χ4n) is 4.28. The van der Waals surface area contributed by atoms with Crippen LogP contribution in [-0.2, 0) is 6.42 Å². The number of benzene rings is 2. The molecule has 24 heavy (non-hydrogen) atoms. The molecule has 1 unspecified atom stereocenters. The van der Waals surface area contributed by atoms with Crippen molar-refractivity contribution in [1.29, 1.82) is 0 Å². The van der Waals surface area contributed by atoms with Crippen LogP contribution in [0.4, 0.5) is 0 Å². The van der Waals surface area contributed by atoms with Gasteiger partial charge in [0.15, 0.2) is 0 Å². The zero-order valence-corrected chi connectivity index (χ0v) is 14.4. The van der Waals surface area contributed by atoms with E-state index in [2.05, 4.69) is 59.5 Å². The molecule has 2 nitrogen and oxygen atoms in total. The molecule has 126 valence electrons. The Morgan fingerprint density at radius 1 is 0.875 bits per heavy atom. The lowest BCUT2D eigenvalue weighted by Gasteiger charge is -2.44. The maximum atomic E-state index is 6.00. The van der Waals surface area contributed by atoms with E-state index in [0.717, 1.165) is 30.6 Å². The van der Waals surface area contributed by atoms with E-state index in [9.17, 15) is 0 Å². The number of piperidine rings is 3. The predicted molar refractivity (Wildman–Crippen MR) is 98.5 cm³/mol. The van der Waals surface area contributed by atoms with E-state index in [0.29, 0.717) is 0 Å². The lowest BCUT2D eigenvalue weighted by atomic mass is 9.78. The number of rotatable bonds is 6. The van der Waals surface area contributed by atoms with Crippen molar-refractivity contribution in [3.05, 3.63) is 65.7 Å². The Bertz CT molecular complexity index is 629. The van der Waals surface area contributed by atoms with Crippen LogP contribution in [0.3, 0.4) is 0 Å². The summed E-state index contributed by atoms with van der Waals surface area (Å²) in [4.78, 5) is 2.63. The van der Waals surface area contributed by atoms with Gasteiger partial charge in [-0.05, 0) is 73.9 Å². The Hall–Kier alpha value is -1.80. The molecule has 3 aliphatic heterocycles. The van der Waals surface area contributed by atoms with Gasteiger partial charge in [-0.25, -0.2) is 0 Å². The molecule has 3 heterocycles. The topological polar surface area (TPSA) is 12.5 Å². The number of hydrogen-bond acceptors (Lipinski definition) is 2. The second kappa shape index (κ2) is 7.40. The van der Waals surface area contributed by atoms with Crippen LogP contribution < -0.4 is 4.74 Å². The Balaban J connectivity index is 1.25. The van der Waals surface area contributed by atoms with Gasteiger partial charge in [-0.2, -0.15) is 0 Å². The lowest BCUT2D eigenvalue weighted by Crippen LogP contribution is -2.47. The molecule has 1 atom stereocenters. The zero-order valence-electron chi connectivity index (χ0n) is 14.4. The summed E-state index contributed by atoms with van der Waals surface area (Å²) in [6.07, 6.45) is 4.99. The van der Waals surface area contributed by atoms with Crippen molar-refractivity contribution in [2.24, 2.45) is 11.8 Å². The summed E-state index contributed by atoms with van der Waals surface area (Å²) in [5, 5.41) is 0. The van der Waals surface area contributed by atoms with Gasteiger partial charge >= 0.3 is 0 Å². The monoisotopic (exact) mass is 321 g/mol. The highest BCUT2D eigenvalue weighted by atomic mass is 16.5. The van der Waals surface area contributed by atoms with Crippen molar-refractivity contribution < 1.29 is 4.74 Å². The summed E-state index contributed by atoms with van der Waals surface area (Å²) in [6.45, 7) is 4.80. The molecule has 2 heteroatoms. The average molecular weight is 321 g/mol. The quantitative estimate of drug-likeness (QED) is 0.782. The van der Waals surface area contributed by atoms with Gasteiger partial charge in [0.05, 0.1) is 6.61 Å². The number of ether oxygens (including phenoxy) is 1. The van der Waals surface area contributed by atoms with Crippen LogP contribution in [0.1, 0.15) is 30.4 Å². The van der Waals surface area contributed by atoms with Crippen LogP contribution in [-0.4, -0.2) is 31.1 Å². The van der Waals surface area contributed by atoms with Crippen molar-refractivity contribution in [3.8, 4) is 5.75 Å². The van der Waals surface area contributed by atoms with Gasteiger partial charge in [0, 0.05) is 6.54 Å². The van der Waals surface area contributed by atoms with Gasteiger partial charge in [-0.1, -0.05) is 42.5 Å². The SMILES string of the molecule is c1ccc(Cc2ccc(OCCC3CN4CCC3CC4)cc2)cc1. The number of hydrogen-bond donors (Lipinski definition) is 0. The Labute approximate surface area is 145 Å². The van der Waals surface area contributed by atoms with Gasteiger partial charge < -0.3 is 9.64 Å². The highest BCUT2D eigenvalue weighted by Crippen LogP contribution is 2.34. The first-order valence-corrected chi connectivity index (χ1v) is 9.35. The van der Waals surface area contributed by atoms with Crippen LogP contribution in [0.5, 0.6) is 5.75 Å². The number of nitrogens with zero attached hydrogens (tertiary/aromatic N) is 1. The van der Waals surface area contributed by atoms with Crippen molar-refractivity contribution in [2.75, 3.05) is 26.2 Å². The summed E-state index contributed by atoms with van der Waals surface area (Å²) in [5.74, 6) is 2.81. The molecule has 0 spiro atoms. The fraction of sp³-hybridized carbons (Fsp3) is 0.455. The molecular weight excluding hydrogens is 294 g/mol. The molecule has 0 radical (unpaired) electrons. The molecule has 0 amide bonds. The smallest absolute Gasteiger partial charge is 0.119 e. The zero-order chi connectivity index (χ0) is 16.2. The van der Waals surface area contributed by atoms with Crippen molar-refractivity contribution in [2.45, 2.75) is 25.7 Å². The van der Waals surface area contributed by atoms with Crippen molar-refractivity contribution >= 4 is 0 Å². The second-order valence-corrected chi connectivity index (χ2v) is 7.34. The third kappa shape index (κ3) is 3.81. The Kier molecular flexibility index (Phi) is 4.84. The van der Waals surface area contributed by atoms with E-state index in [4.69, 9.17) is 4.74 Å². The minimum atomic E-state index is 0.852. The first kappa shape index (κ1) is 15.7. The minimum absolute atomic E-state index is 0.852. The Morgan fingerprint density at radius 2 is 1.58 bits per heavy atom. The number of fused-ring (bicyclic) bond motifs is 3. The second-order valence-electron chi connectivity index (χ2n) is 7.34. The molecule has 2 aromatic carbocycles. The maximum absolute atomic E-state index is 6.00. The van der Waals surface area contributed by atoms with Gasteiger partial charge in [0.25, 0.3) is 0 Å². The first-order chi connectivity index (χ1) is 11.9. The van der Waals surface area contributed by atoms with Crippen LogP contribution in [0.15, 0.2) is 54.6 Å². The van der Waals surface area contributed by atoms with E-state index < -0.39 is 0 Å². The van der Waals surface area contributed by atoms with Crippen LogP contribution in [0, 0.1) is 11.8 Å².